The average molecular weight is 267 g/mol. The minimum Gasteiger partial charge on any atom is -1.00 e. The molecule has 0 aliphatic rings. The van der Waals surface area contributed by atoms with Crippen molar-refractivity contribution < 1.29 is 109 Å². The van der Waals surface area contributed by atoms with Gasteiger partial charge in [0.1, 0.15) is 0 Å². The molecule has 10 heteroatoms. The predicted octanol–water partition coefficient (Wildman–Crippen LogP) is -6.59. The first kappa shape index (κ1) is 36.3. The van der Waals surface area contributed by atoms with Gasteiger partial charge in [-0.15, -0.1) is 12.4 Å². The van der Waals surface area contributed by atoms with Crippen molar-refractivity contribution in [3.63, 3.8) is 0 Å². The van der Waals surface area contributed by atoms with Crippen molar-refractivity contribution >= 4 is 81.0 Å². The second-order valence-corrected chi connectivity index (χ2v) is 1.54. The summed E-state index contributed by atoms with van der Waals surface area (Å²) in [7, 11) is -4.64. The molecule has 0 atom stereocenters. The van der Waals surface area contributed by atoms with Crippen LogP contribution in [0.15, 0.2) is 0 Å². The minimum absolute atomic E-state index is 0. The van der Waals surface area contributed by atoms with Crippen molar-refractivity contribution in [3.8, 4) is 0 Å². The minimum atomic E-state index is -4.64. The molecule has 4 nitrogen and oxygen atoms in total. The van der Waals surface area contributed by atoms with Gasteiger partial charge in [-0.2, -0.15) is 0 Å². The van der Waals surface area contributed by atoms with Crippen LogP contribution in [0.4, 0.5) is 0 Å². The Hall–Kier alpha value is 5.06. The largest absolute Gasteiger partial charge is 2.00 e. The van der Waals surface area contributed by atoms with E-state index in [9.17, 15) is 0 Å². The quantitative estimate of drug-likeness (QED) is 0.301. The maximum atomic E-state index is 8.88. The fourth-order valence-electron chi connectivity index (χ4n) is 0. The molecule has 10 heavy (non-hydrogen) atoms. The van der Waals surface area contributed by atoms with Crippen LogP contribution in [0.5, 0.6) is 0 Å². The molecule has 0 aromatic rings. The molecule has 0 heterocycles. The van der Waals surface area contributed by atoms with Gasteiger partial charge in [0.25, 0.3) is 0 Å². The Morgan fingerprint density at radius 2 is 1.20 bits per heavy atom. The predicted molar refractivity (Wildman–Crippen MR) is 39.7 cm³/mol. The molecule has 0 bridgehead atoms. The normalized spacial score (nSPS) is 5.90. The molecule has 0 aromatic heterocycles. The molecular weight excluding hydrogens is 257 g/mol. The molecule has 0 spiro atoms. The zero-order chi connectivity index (χ0) is 4.50. The Kier molecular flexibility index (Phi) is 71.1. The topological polar surface area (TPSA) is 77.8 Å². The maximum Gasteiger partial charge on any atom is 2.00 e. The van der Waals surface area contributed by atoms with Crippen LogP contribution < -0.4 is 80.9 Å². The van der Waals surface area contributed by atoms with Crippen LogP contribution in [0.2, 0.25) is 0 Å². The van der Waals surface area contributed by atoms with Crippen molar-refractivity contribution in [2.75, 3.05) is 0 Å². The summed E-state index contributed by atoms with van der Waals surface area (Å²) in [5, 5.41) is 0. The molecule has 0 saturated heterocycles. The van der Waals surface area contributed by atoms with Crippen LogP contribution in [-0.2, 0) is 4.57 Å². The number of hydrogen-bond acceptors (Lipinski definition) is 1. The summed E-state index contributed by atoms with van der Waals surface area (Å²) in [6.07, 6.45) is 0. The molecule has 0 aliphatic heterocycles. The summed E-state index contributed by atoms with van der Waals surface area (Å²) in [5.41, 5.74) is 0. The molecule has 3 N–H and O–H groups in total. The standard InChI is InChI=1S/Ca.ClH.K.Mg.Na.H3O4P.6H/c;;;;;1-5(2,3)4;;;;;;/h;1H;;;;(H3,1,2,3,4);;;;;;/q+2;;+1;+2;+1;;6*-1. The van der Waals surface area contributed by atoms with Crippen LogP contribution in [0.3, 0.4) is 0 Å². The molecule has 0 radical (unpaired) electrons. The first-order valence-electron chi connectivity index (χ1n) is 0.783. The van der Waals surface area contributed by atoms with Gasteiger partial charge in [-0.3, -0.25) is 0 Å². The van der Waals surface area contributed by atoms with Crippen molar-refractivity contribution in [2.24, 2.45) is 0 Å². The molecule has 0 unspecified atom stereocenters. The van der Waals surface area contributed by atoms with Gasteiger partial charge in [-0.1, -0.05) is 0 Å². The van der Waals surface area contributed by atoms with E-state index in [-0.39, 0.29) is 163 Å². The van der Waals surface area contributed by atoms with E-state index in [4.69, 9.17) is 19.2 Å². The van der Waals surface area contributed by atoms with Gasteiger partial charge in [-0.25, -0.2) is 4.57 Å². The fourth-order valence-corrected chi connectivity index (χ4v) is 0. The SMILES string of the molecule is Cl.O=P(O)(O)O.[Ca+2].[H-].[H-].[H-].[H-].[H-].[H-].[K+].[Mg+2].[Na+]. The molecule has 52 valence electrons. The van der Waals surface area contributed by atoms with Gasteiger partial charge in [0, 0.05) is 0 Å². The van der Waals surface area contributed by atoms with Gasteiger partial charge in [0.05, 0.1) is 0 Å². The molecule has 0 saturated carbocycles. The van der Waals surface area contributed by atoms with Gasteiger partial charge in [0.2, 0.25) is 0 Å². The Balaban J connectivity index is -0.00000000145. The Morgan fingerprint density at radius 1 is 1.20 bits per heavy atom. The van der Waals surface area contributed by atoms with Crippen LogP contribution in [0.1, 0.15) is 8.56 Å². The number of rotatable bonds is 0. The molecule has 0 rings (SSSR count). The zero-order valence-electron chi connectivity index (χ0n) is 12.0. The van der Waals surface area contributed by atoms with Crippen molar-refractivity contribution in [1.82, 2.24) is 0 Å². The summed E-state index contributed by atoms with van der Waals surface area (Å²) >= 11 is 0. The van der Waals surface area contributed by atoms with Gasteiger partial charge in [-0.05, 0) is 0 Å². The first-order valence-corrected chi connectivity index (χ1v) is 2.35. The Labute approximate surface area is 185 Å². The molecule has 0 aromatic carbocycles. The van der Waals surface area contributed by atoms with Gasteiger partial charge < -0.3 is 23.2 Å². The van der Waals surface area contributed by atoms with E-state index in [2.05, 4.69) is 0 Å². The molecule has 0 amide bonds. The molecule has 0 aliphatic carbocycles. The van der Waals surface area contributed by atoms with Crippen molar-refractivity contribution in [3.05, 3.63) is 0 Å². The van der Waals surface area contributed by atoms with E-state index in [1.165, 1.54) is 0 Å². The summed E-state index contributed by atoms with van der Waals surface area (Å²) in [6.45, 7) is 0. The van der Waals surface area contributed by atoms with E-state index < -0.39 is 7.82 Å². The third kappa shape index (κ3) is 74.2. The van der Waals surface area contributed by atoms with E-state index in [0.29, 0.717) is 0 Å². The first-order chi connectivity index (χ1) is 2.00. The third-order valence-electron chi connectivity index (χ3n) is 0. The smallest absolute Gasteiger partial charge is 1.00 e. The van der Waals surface area contributed by atoms with Crippen LogP contribution in [0, 0.1) is 0 Å². The van der Waals surface area contributed by atoms with E-state index >= 15 is 0 Å². The second-order valence-electron chi connectivity index (χ2n) is 0.513. The van der Waals surface area contributed by atoms with E-state index in [1.54, 1.807) is 0 Å². The summed E-state index contributed by atoms with van der Waals surface area (Å²) in [5.74, 6) is 0. The van der Waals surface area contributed by atoms with Gasteiger partial charge >= 0.3 is 150 Å². The van der Waals surface area contributed by atoms with E-state index in [1.807, 2.05) is 0 Å². The van der Waals surface area contributed by atoms with E-state index in [0.717, 1.165) is 0 Å². The van der Waals surface area contributed by atoms with Crippen LogP contribution in [-0.4, -0.2) is 75.5 Å². The monoisotopic (exact) mass is 266 g/mol. The summed E-state index contributed by atoms with van der Waals surface area (Å²) in [4.78, 5) is 21.6. The van der Waals surface area contributed by atoms with Crippen LogP contribution >= 0.6 is 20.2 Å². The third-order valence-corrected chi connectivity index (χ3v) is 0. The number of hydrogen-bond donors (Lipinski definition) is 3. The number of phosphoric acid groups is 1. The number of halogens is 1. The fraction of sp³-hybridized carbons (Fsp3) is 0. The Bertz CT molecular complexity index is 86.7. The Morgan fingerprint density at radius 3 is 1.20 bits per heavy atom. The summed E-state index contributed by atoms with van der Waals surface area (Å²) in [6, 6.07) is 0. The second kappa shape index (κ2) is 19.6. The van der Waals surface area contributed by atoms with Gasteiger partial charge in [0.15, 0.2) is 0 Å². The van der Waals surface area contributed by atoms with Crippen molar-refractivity contribution in [2.45, 2.75) is 0 Å². The average Bonchev–Trinajstić information content (AvgIpc) is 0.722. The molecule has 0 fully saturated rings. The summed E-state index contributed by atoms with van der Waals surface area (Å²) < 4.78 is 8.88. The van der Waals surface area contributed by atoms with Crippen molar-refractivity contribution in [1.29, 1.82) is 0 Å². The zero-order valence-corrected chi connectivity index (χ0v) is 16.5. The molecular formula is H10CaClKMgNaO4P. The maximum absolute atomic E-state index is 8.88. The van der Waals surface area contributed by atoms with Crippen LogP contribution in [0.25, 0.3) is 0 Å².